The molecule has 0 fully saturated rings. The first-order valence-corrected chi connectivity index (χ1v) is 10.4. The third kappa shape index (κ3) is 4.29. The van der Waals surface area contributed by atoms with E-state index in [1.165, 1.54) is 18.5 Å². The summed E-state index contributed by atoms with van der Waals surface area (Å²) in [7, 11) is 0. The molecule has 1 amide bonds. The number of anilines is 3. The van der Waals surface area contributed by atoms with Crippen molar-refractivity contribution in [2.24, 2.45) is 0 Å². The Bertz CT molecular complexity index is 1510. The molecule has 5 aromatic rings. The number of halogens is 1. The Hall–Kier alpha value is -4.52. The lowest BCUT2D eigenvalue weighted by Gasteiger charge is -2.11. The van der Waals surface area contributed by atoms with Gasteiger partial charge in [0.15, 0.2) is 0 Å². The number of nitrogens with zero attached hydrogens (tertiary/aromatic N) is 3. The van der Waals surface area contributed by atoms with E-state index >= 15 is 0 Å². The molecular weight excluding hydrogens is 417 g/mol. The van der Waals surface area contributed by atoms with Gasteiger partial charge >= 0.3 is 0 Å². The number of carbonyl (C=O) groups excluding carboxylic acids is 1. The third-order valence-electron chi connectivity index (χ3n) is 5.36. The molecule has 0 aliphatic carbocycles. The molecule has 0 aliphatic heterocycles. The SMILES string of the molecule is C=CC(=O)Nc1ccc2ncnc(Nc3ccc4c(ccn4Cc4cccc(F)c4)c3)c2c1. The highest BCUT2D eigenvalue weighted by Crippen LogP contribution is 2.28. The van der Waals surface area contributed by atoms with Crippen molar-refractivity contribution in [2.45, 2.75) is 6.54 Å². The normalized spacial score (nSPS) is 10.9. The van der Waals surface area contributed by atoms with Gasteiger partial charge in [-0.2, -0.15) is 0 Å². The number of nitrogens with one attached hydrogen (secondary N) is 2. The van der Waals surface area contributed by atoms with Crippen LogP contribution in [0.15, 0.2) is 91.9 Å². The maximum absolute atomic E-state index is 13.5. The van der Waals surface area contributed by atoms with Gasteiger partial charge in [0, 0.05) is 40.4 Å². The Balaban J connectivity index is 1.43. The van der Waals surface area contributed by atoms with Crippen molar-refractivity contribution in [3.8, 4) is 0 Å². The molecule has 0 unspecified atom stereocenters. The Labute approximate surface area is 189 Å². The molecule has 6 nitrogen and oxygen atoms in total. The molecule has 5 rings (SSSR count). The number of hydrogen-bond acceptors (Lipinski definition) is 4. The van der Waals surface area contributed by atoms with E-state index in [4.69, 9.17) is 0 Å². The third-order valence-corrected chi connectivity index (χ3v) is 5.36. The fraction of sp³-hybridized carbons (Fsp3) is 0.0385. The van der Waals surface area contributed by atoms with Gasteiger partial charge < -0.3 is 15.2 Å². The Morgan fingerprint density at radius 3 is 2.76 bits per heavy atom. The highest BCUT2D eigenvalue weighted by atomic mass is 19.1. The monoisotopic (exact) mass is 437 g/mol. The van der Waals surface area contributed by atoms with Crippen molar-refractivity contribution in [3.05, 3.63) is 103 Å². The van der Waals surface area contributed by atoms with Gasteiger partial charge in [0.05, 0.1) is 5.52 Å². The molecular formula is C26H20FN5O. The molecule has 0 saturated heterocycles. The summed E-state index contributed by atoms with van der Waals surface area (Å²) in [6.45, 7) is 4.07. The van der Waals surface area contributed by atoms with E-state index in [9.17, 15) is 9.18 Å². The number of carbonyl (C=O) groups is 1. The highest BCUT2D eigenvalue weighted by molar-refractivity contribution is 6.01. The second kappa shape index (κ2) is 8.55. The average molecular weight is 437 g/mol. The summed E-state index contributed by atoms with van der Waals surface area (Å²) in [4.78, 5) is 20.4. The molecule has 33 heavy (non-hydrogen) atoms. The molecule has 162 valence electrons. The van der Waals surface area contributed by atoms with Crippen LogP contribution in [0.4, 0.5) is 21.6 Å². The van der Waals surface area contributed by atoms with Crippen LogP contribution in [-0.4, -0.2) is 20.4 Å². The Morgan fingerprint density at radius 2 is 1.91 bits per heavy atom. The minimum Gasteiger partial charge on any atom is -0.343 e. The Morgan fingerprint density at radius 1 is 1.03 bits per heavy atom. The largest absolute Gasteiger partial charge is 0.343 e. The van der Waals surface area contributed by atoms with Crippen molar-refractivity contribution >= 4 is 44.9 Å². The zero-order chi connectivity index (χ0) is 22.8. The van der Waals surface area contributed by atoms with Crippen molar-refractivity contribution in [1.82, 2.24) is 14.5 Å². The lowest BCUT2D eigenvalue weighted by Crippen LogP contribution is -2.07. The van der Waals surface area contributed by atoms with Crippen molar-refractivity contribution in [3.63, 3.8) is 0 Å². The molecule has 0 atom stereocenters. The predicted octanol–water partition coefficient (Wildman–Crippen LogP) is 5.64. The smallest absolute Gasteiger partial charge is 0.247 e. The van der Waals surface area contributed by atoms with E-state index in [1.54, 1.807) is 18.2 Å². The maximum Gasteiger partial charge on any atom is 0.247 e. The van der Waals surface area contributed by atoms with Crippen LogP contribution in [0.25, 0.3) is 21.8 Å². The minimum absolute atomic E-state index is 0.236. The molecule has 2 aromatic heterocycles. The number of hydrogen-bond donors (Lipinski definition) is 2. The number of rotatable bonds is 6. The van der Waals surface area contributed by atoms with Crippen LogP contribution in [-0.2, 0) is 11.3 Å². The fourth-order valence-corrected chi connectivity index (χ4v) is 3.81. The second-order valence-corrected chi connectivity index (χ2v) is 7.62. The van der Waals surface area contributed by atoms with Crippen LogP contribution in [0.3, 0.4) is 0 Å². The molecule has 3 aromatic carbocycles. The van der Waals surface area contributed by atoms with Gasteiger partial charge in [-0.05, 0) is 66.2 Å². The standard InChI is InChI=1S/C26H20FN5O/c1-2-25(33)30-21-6-8-23-22(14-21)26(29-16-28-23)31-20-7-9-24-18(13-20)10-11-32(24)15-17-4-3-5-19(27)12-17/h2-14,16H,1,15H2,(H,30,33)(H,28,29,31). The first-order chi connectivity index (χ1) is 16.1. The molecule has 0 spiro atoms. The summed E-state index contributed by atoms with van der Waals surface area (Å²) in [5, 5.41) is 7.95. The summed E-state index contributed by atoms with van der Waals surface area (Å²) in [5.74, 6) is 0.113. The lowest BCUT2D eigenvalue weighted by atomic mass is 10.2. The maximum atomic E-state index is 13.5. The van der Waals surface area contributed by atoms with Crippen molar-refractivity contribution < 1.29 is 9.18 Å². The first kappa shape index (κ1) is 20.4. The second-order valence-electron chi connectivity index (χ2n) is 7.62. The fourth-order valence-electron chi connectivity index (χ4n) is 3.81. The molecule has 7 heteroatoms. The van der Waals surface area contributed by atoms with Gasteiger partial charge in [-0.25, -0.2) is 14.4 Å². The first-order valence-electron chi connectivity index (χ1n) is 10.4. The number of benzene rings is 3. The van der Waals surface area contributed by atoms with Gasteiger partial charge in [-0.15, -0.1) is 0 Å². The van der Waals surface area contributed by atoms with E-state index in [1.807, 2.05) is 48.7 Å². The average Bonchev–Trinajstić information content (AvgIpc) is 3.21. The summed E-state index contributed by atoms with van der Waals surface area (Å²) in [5.41, 5.74) is 4.21. The van der Waals surface area contributed by atoms with Crippen molar-refractivity contribution in [2.75, 3.05) is 10.6 Å². The Kier molecular flexibility index (Phi) is 5.28. The molecule has 2 N–H and O–H groups in total. The van der Waals surface area contributed by atoms with E-state index in [2.05, 4.69) is 31.7 Å². The summed E-state index contributed by atoms with van der Waals surface area (Å²) >= 11 is 0. The molecule has 0 saturated carbocycles. The molecule has 2 heterocycles. The van der Waals surface area contributed by atoms with Gasteiger partial charge in [-0.3, -0.25) is 4.79 Å². The van der Waals surface area contributed by atoms with E-state index in [-0.39, 0.29) is 11.7 Å². The number of amides is 1. The van der Waals surface area contributed by atoms with Crippen LogP contribution in [0.5, 0.6) is 0 Å². The van der Waals surface area contributed by atoms with Crippen LogP contribution in [0.2, 0.25) is 0 Å². The molecule has 0 aliphatic rings. The van der Waals surface area contributed by atoms with Gasteiger partial charge in [-0.1, -0.05) is 18.7 Å². The quantitative estimate of drug-likeness (QED) is 0.337. The number of aromatic nitrogens is 3. The summed E-state index contributed by atoms with van der Waals surface area (Å²) in [6.07, 6.45) is 4.72. The van der Waals surface area contributed by atoms with Crippen molar-refractivity contribution in [1.29, 1.82) is 0 Å². The zero-order valence-corrected chi connectivity index (χ0v) is 17.6. The van der Waals surface area contributed by atoms with E-state index in [0.717, 1.165) is 33.1 Å². The summed E-state index contributed by atoms with van der Waals surface area (Å²) < 4.78 is 15.6. The van der Waals surface area contributed by atoms with Crippen LogP contribution in [0, 0.1) is 5.82 Å². The minimum atomic E-state index is -0.283. The predicted molar refractivity (Wildman–Crippen MR) is 129 cm³/mol. The molecule has 0 bridgehead atoms. The lowest BCUT2D eigenvalue weighted by molar-refractivity contribution is -0.111. The van der Waals surface area contributed by atoms with Gasteiger partial charge in [0.25, 0.3) is 0 Å². The highest BCUT2D eigenvalue weighted by Gasteiger charge is 2.09. The van der Waals surface area contributed by atoms with Gasteiger partial charge in [0.2, 0.25) is 5.91 Å². The molecule has 0 radical (unpaired) electrons. The van der Waals surface area contributed by atoms with E-state index in [0.29, 0.717) is 18.1 Å². The van der Waals surface area contributed by atoms with E-state index < -0.39 is 0 Å². The number of fused-ring (bicyclic) bond motifs is 2. The van der Waals surface area contributed by atoms with Gasteiger partial charge in [0.1, 0.15) is 18.0 Å². The topological polar surface area (TPSA) is 71.8 Å². The van der Waals surface area contributed by atoms with Crippen LogP contribution >= 0.6 is 0 Å². The van der Waals surface area contributed by atoms with Crippen LogP contribution in [0.1, 0.15) is 5.56 Å². The van der Waals surface area contributed by atoms with Crippen LogP contribution < -0.4 is 10.6 Å². The zero-order valence-electron chi connectivity index (χ0n) is 17.6. The summed E-state index contributed by atoms with van der Waals surface area (Å²) in [6, 6.07) is 20.1.